The highest BCUT2D eigenvalue weighted by atomic mass is 16.5. The summed E-state index contributed by atoms with van der Waals surface area (Å²) in [6, 6.07) is 17.3. The van der Waals surface area contributed by atoms with Gasteiger partial charge in [-0.2, -0.15) is 0 Å². The molecule has 1 fully saturated rings. The first-order chi connectivity index (χ1) is 13.7. The molecular formula is C23H24N2O3. The highest BCUT2D eigenvalue weighted by Crippen LogP contribution is 2.37. The van der Waals surface area contributed by atoms with Crippen molar-refractivity contribution in [3.63, 3.8) is 0 Å². The lowest BCUT2D eigenvalue weighted by molar-refractivity contribution is -0.145. The van der Waals surface area contributed by atoms with Crippen LogP contribution in [-0.4, -0.2) is 40.7 Å². The van der Waals surface area contributed by atoms with Gasteiger partial charge in [-0.05, 0) is 54.8 Å². The zero-order chi connectivity index (χ0) is 19.5. The number of carboxylic acid groups (broad SMARTS) is 1. The molecule has 0 amide bonds. The number of pyridine rings is 1. The molecule has 1 aliphatic rings. The number of para-hydroxylation sites is 1. The van der Waals surface area contributed by atoms with Crippen LogP contribution < -0.4 is 4.74 Å². The molecule has 28 heavy (non-hydrogen) atoms. The molecule has 0 aliphatic carbocycles. The largest absolute Gasteiger partial charge is 0.497 e. The summed E-state index contributed by atoms with van der Waals surface area (Å²) in [4.78, 5) is 18.6. The summed E-state index contributed by atoms with van der Waals surface area (Å²) < 4.78 is 5.31. The van der Waals surface area contributed by atoms with Crippen LogP contribution in [0.1, 0.15) is 36.4 Å². The Kier molecular flexibility index (Phi) is 5.26. The summed E-state index contributed by atoms with van der Waals surface area (Å²) in [5, 5.41) is 10.9. The molecule has 5 nitrogen and oxygen atoms in total. The maximum absolute atomic E-state index is 12.0. The van der Waals surface area contributed by atoms with Gasteiger partial charge >= 0.3 is 5.97 Å². The van der Waals surface area contributed by atoms with Gasteiger partial charge in [0, 0.05) is 11.6 Å². The predicted octanol–water partition coefficient (Wildman–Crippen LogP) is 4.27. The monoisotopic (exact) mass is 376 g/mol. The normalized spacial score (nSPS) is 18.7. The molecule has 1 aromatic heterocycles. The van der Waals surface area contributed by atoms with Crippen molar-refractivity contribution < 1.29 is 14.6 Å². The van der Waals surface area contributed by atoms with E-state index in [0.29, 0.717) is 6.42 Å². The fourth-order valence-electron chi connectivity index (χ4n) is 4.22. The zero-order valence-electron chi connectivity index (χ0n) is 15.9. The third-order valence-corrected chi connectivity index (χ3v) is 5.57. The summed E-state index contributed by atoms with van der Waals surface area (Å²) in [6.07, 6.45) is 4.43. The van der Waals surface area contributed by atoms with Crippen molar-refractivity contribution in [2.75, 3.05) is 13.7 Å². The number of carbonyl (C=O) groups is 1. The maximum atomic E-state index is 12.0. The molecule has 0 bridgehead atoms. The van der Waals surface area contributed by atoms with E-state index < -0.39 is 12.0 Å². The van der Waals surface area contributed by atoms with Gasteiger partial charge in [-0.3, -0.25) is 14.7 Å². The van der Waals surface area contributed by atoms with E-state index in [9.17, 15) is 9.90 Å². The predicted molar refractivity (Wildman–Crippen MR) is 109 cm³/mol. The molecule has 0 saturated carbocycles. The quantitative estimate of drug-likeness (QED) is 0.720. The van der Waals surface area contributed by atoms with E-state index in [1.54, 1.807) is 7.11 Å². The van der Waals surface area contributed by atoms with Crippen LogP contribution in [0.2, 0.25) is 0 Å². The van der Waals surface area contributed by atoms with E-state index in [-0.39, 0.29) is 6.04 Å². The van der Waals surface area contributed by atoms with Crippen LogP contribution in [-0.2, 0) is 4.79 Å². The second kappa shape index (κ2) is 7.98. The SMILES string of the molecule is COc1ccc(C(c2ccnc3ccccc23)N2CCCCC2C(=O)O)cc1. The Balaban J connectivity index is 1.88. The molecule has 0 spiro atoms. The molecule has 2 aromatic carbocycles. The molecule has 2 heterocycles. The van der Waals surface area contributed by atoms with Gasteiger partial charge in [0.2, 0.25) is 0 Å². The molecule has 144 valence electrons. The third kappa shape index (κ3) is 3.45. The van der Waals surface area contributed by atoms with Crippen LogP contribution in [0.4, 0.5) is 0 Å². The van der Waals surface area contributed by atoms with Crippen molar-refractivity contribution in [3.8, 4) is 5.75 Å². The zero-order valence-corrected chi connectivity index (χ0v) is 15.9. The number of carboxylic acids is 1. The van der Waals surface area contributed by atoms with E-state index in [0.717, 1.165) is 47.2 Å². The van der Waals surface area contributed by atoms with Crippen molar-refractivity contribution in [1.29, 1.82) is 0 Å². The van der Waals surface area contributed by atoms with E-state index in [1.165, 1.54) is 0 Å². The van der Waals surface area contributed by atoms with Crippen LogP contribution in [0.5, 0.6) is 5.75 Å². The van der Waals surface area contributed by atoms with E-state index in [4.69, 9.17) is 4.74 Å². The number of rotatable bonds is 5. The minimum atomic E-state index is -0.753. The van der Waals surface area contributed by atoms with Crippen molar-refractivity contribution in [3.05, 3.63) is 71.9 Å². The molecular weight excluding hydrogens is 352 g/mol. The Morgan fingerprint density at radius 1 is 1.14 bits per heavy atom. The van der Waals surface area contributed by atoms with Crippen LogP contribution in [0.25, 0.3) is 10.9 Å². The highest BCUT2D eigenvalue weighted by molar-refractivity contribution is 5.83. The van der Waals surface area contributed by atoms with E-state index in [2.05, 4.69) is 16.0 Å². The number of ether oxygens (including phenoxy) is 1. The summed E-state index contributed by atoms with van der Waals surface area (Å²) in [7, 11) is 1.65. The second-order valence-electron chi connectivity index (χ2n) is 7.18. The molecule has 1 aliphatic heterocycles. The number of likely N-dealkylation sites (tertiary alicyclic amines) is 1. The number of methoxy groups -OCH3 is 1. The minimum absolute atomic E-state index is 0.153. The Morgan fingerprint density at radius 3 is 2.68 bits per heavy atom. The Hall–Kier alpha value is -2.92. The number of aromatic nitrogens is 1. The molecule has 2 atom stereocenters. The second-order valence-corrected chi connectivity index (χ2v) is 7.18. The molecule has 0 radical (unpaired) electrons. The molecule has 1 saturated heterocycles. The fourth-order valence-corrected chi connectivity index (χ4v) is 4.22. The average Bonchev–Trinajstić information content (AvgIpc) is 2.75. The van der Waals surface area contributed by atoms with Gasteiger partial charge in [0.25, 0.3) is 0 Å². The molecule has 1 N–H and O–H groups in total. The molecule has 3 aromatic rings. The van der Waals surface area contributed by atoms with Crippen molar-refractivity contribution in [1.82, 2.24) is 9.88 Å². The number of piperidine rings is 1. The standard InChI is InChI=1S/C23H24N2O3/c1-28-17-11-9-16(10-12-17)22(25-15-5-4-8-21(25)23(26)27)19-13-14-24-20-7-3-2-6-18(19)20/h2-3,6-7,9-14,21-22H,4-5,8,15H2,1H3,(H,26,27). The van der Waals surface area contributed by atoms with Gasteiger partial charge in [-0.15, -0.1) is 0 Å². The van der Waals surface area contributed by atoms with Gasteiger partial charge in [-0.1, -0.05) is 36.8 Å². The van der Waals surface area contributed by atoms with Crippen LogP contribution in [0.3, 0.4) is 0 Å². The number of benzene rings is 2. The lowest BCUT2D eigenvalue weighted by Crippen LogP contribution is -2.46. The molecule has 4 rings (SSSR count). The summed E-state index contributed by atoms with van der Waals surface area (Å²) in [6.45, 7) is 0.754. The number of hydrogen-bond donors (Lipinski definition) is 1. The average molecular weight is 376 g/mol. The summed E-state index contributed by atoms with van der Waals surface area (Å²) in [5.41, 5.74) is 3.07. The van der Waals surface area contributed by atoms with Crippen LogP contribution in [0, 0.1) is 0 Å². The smallest absolute Gasteiger partial charge is 0.320 e. The first kappa shape index (κ1) is 18.4. The van der Waals surface area contributed by atoms with Crippen molar-refractivity contribution in [2.45, 2.75) is 31.3 Å². The van der Waals surface area contributed by atoms with Gasteiger partial charge in [-0.25, -0.2) is 0 Å². The number of aliphatic carboxylic acids is 1. The van der Waals surface area contributed by atoms with Gasteiger partial charge in [0.1, 0.15) is 11.8 Å². The highest BCUT2D eigenvalue weighted by Gasteiger charge is 2.35. The first-order valence-corrected chi connectivity index (χ1v) is 9.65. The van der Waals surface area contributed by atoms with Crippen LogP contribution in [0.15, 0.2) is 60.8 Å². The topological polar surface area (TPSA) is 62.7 Å². The molecule has 2 unspecified atom stereocenters. The third-order valence-electron chi connectivity index (χ3n) is 5.57. The summed E-state index contributed by atoms with van der Waals surface area (Å²) >= 11 is 0. The van der Waals surface area contributed by atoms with Gasteiger partial charge in [0.05, 0.1) is 18.7 Å². The Labute approximate surface area is 164 Å². The first-order valence-electron chi connectivity index (χ1n) is 9.65. The summed E-state index contributed by atoms with van der Waals surface area (Å²) in [5.74, 6) is 0.0343. The van der Waals surface area contributed by atoms with E-state index >= 15 is 0 Å². The molecule has 5 heteroatoms. The lowest BCUT2D eigenvalue weighted by atomic mass is 9.90. The number of fused-ring (bicyclic) bond motifs is 1. The van der Waals surface area contributed by atoms with Crippen molar-refractivity contribution >= 4 is 16.9 Å². The fraction of sp³-hybridized carbons (Fsp3) is 0.304. The van der Waals surface area contributed by atoms with Crippen LogP contribution >= 0.6 is 0 Å². The maximum Gasteiger partial charge on any atom is 0.320 e. The Bertz CT molecular complexity index is 966. The van der Waals surface area contributed by atoms with E-state index in [1.807, 2.05) is 54.7 Å². The lowest BCUT2D eigenvalue weighted by Gasteiger charge is -2.40. The number of nitrogens with zero attached hydrogens (tertiary/aromatic N) is 2. The Morgan fingerprint density at radius 2 is 1.93 bits per heavy atom. The van der Waals surface area contributed by atoms with Gasteiger partial charge in [0.15, 0.2) is 0 Å². The number of hydrogen-bond acceptors (Lipinski definition) is 4. The minimum Gasteiger partial charge on any atom is -0.497 e. The van der Waals surface area contributed by atoms with Crippen molar-refractivity contribution in [2.24, 2.45) is 0 Å². The van der Waals surface area contributed by atoms with Gasteiger partial charge < -0.3 is 9.84 Å².